The number of hydrogen-bond donors (Lipinski definition) is 1. The molecule has 1 N–H and O–H groups in total. The number of halogens is 1. The van der Waals surface area contributed by atoms with Crippen LogP contribution >= 0.6 is 23.4 Å². The minimum Gasteiger partial charge on any atom is -0.338 e. The van der Waals surface area contributed by atoms with Crippen molar-refractivity contribution in [3.05, 3.63) is 83.8 Å². The van der Waals surface area contributed by atoms with Crippen LogP contribution in [0.4, 0.5) is 11.5 Å². The van der Waals surface area contributed by atoms with Crippen molar-refractivity contribution in [1.82, 2.24) is 20.2 Å². The molecule has 0 amide bonds. The fraction of sp³-hybridized carbons (Fsp3) is 0.0435. The van der Waals surface area contributed by atoms with E-state index in [1.165, 1.54) is 0 Å². The SMILES string of the molecule is Cc1cnc2c(Sc3ccc(Nc4nnc(Cl)c5ccccc45)cc3)ccnc2c1. The Balaban J connectivity index is 1.40. The first-order valence-corrected chi connectivity index (χ1v) is 10.5. The summed E-state index contributed by atoms with van der Waals surface area (Å²) in [5, 5.41) is 13.8. The van der Waals surface area contributed by atoms with Gasteiger partial charge in [-0.1, -0.05) is 47.6 Å². The van der Waals surface area contributed by atoms with Crippen LogP contribution in [0.2, 0.25) is 5.15 Å². The number of hydrogen-bond acceptors (Lipinski definition) is 6. The first kappa shape index (κ1) is 18.8. The Labute approximate surface area is 182 Å². The predicted octanol–water partition coefficient (Wildman–Crippen LogP) is 6.43. The molecule has 0 radical (unpaired) electrons. The normalized spacial score (nSPS) is 11.1. The van der Waals surface area contributed by atoms with E-state index in [-0.39, 0.29) is 0 Å². The Morgan fingerprint density at radius 3 is 2.53 bits per heavy atom. The number of aromatic nitrogens is 4. The van der Waals surface area contributed by atoms with E-state index < -0.39 is 0 Å². The van der Waals surface area contributed by atoms with Gasteiger partial charge in [0, 0.05) is 38.6 Å². The maximum absolute atomic E-state index is 6.17. The molecule has 146 valence electrons. The van der Waals surface area contributed by atoms with Crippen molar-refractivity contribution in [2.75, 3.05) is 5.32 Å². The van der Waals surface area contributed by atoms with Gasteiger partial charge in [-0.15, -0.1) is 10.2 Å². The van der Waals surface area contributed by atoms with Gasteiger partial charge in [0.25, 0.3) is 0 Å². The van der Waals surface area contributed by atoms with Crippen molar-refractivity contribution < 1.29 is 0 Å². The average molecular weight is 430 g/mol. The Kier molecular flexibility index (Phi) is 4.94. The Morgan fingerprint density at radius 2 is 1.70 bits per heavy atom. The van der Waals surface area contributed by atoms with Gasteiger partial charge in [-0.25, -0.2) is 0 Å². The van der Waals surface area contributed by atoms with Crippen LogP contribution in [0.5, 0.6) is 0 Å². The molecule has 2 aromatic carbocycles. The van der Waals surface area contributed by atoms with Crippen LogP contribution in [0.15, 0.2) is 82.8 Å². The zero-order valence-electron chi connectivity index (χ0n) is 16.0. The summed E-state index contributed by atoms with van der Waals surface area (Å²) < 4.78 is 0. The highest BCUT2D eigenvalue weighted by molar-refractivity contribution is 7.99. The smallest absolute Gasteiger partial charge is 0.161 e. The fourth-order valence-corrected chi connectivity index (χ4v) is 4.33. The van der Waals surface area contributed by atoms with E-state index in [2.05, 4.69) is 43.7 Å². The van der Waals surface area contributed by atoms with Crippen LogP contribution in [0.3, 0.4) is 0 Å². The molecule has 0 saturated heterocycles. The molecule has 0 bridgehead atoms. The monoisotopic (exact) mass is 429 g/mol. The molecule has 0 aliphatic rings. The van der Waals surface area contributed by atoms with E-state index in [0.717, 1.165) is 42.8 Å². The molecule has 3 heterocycles. The first-order chi connectivity index (χ1) is 14.7. The molecule has 0 aliphatic carbocycles. The van der Waals surface area contributed by atoms with Gasteiger partial charge in [-0.3, -0.25) is 9.97 Å². The quantitative estimate of drug-likeness (QED) is 0.355. The summed E-state index contributed by atoms with van der Waals surface area (Å²) >= 11 is 7.83. The molecule has 7 heteroatoms. The van der Waals surface area contributed by atoms with Crippen LogP contribution in [-0.2, 0) is 0 Å². The standard InChI is InChI=1S/C23H16ClN5S/c1-14-12-19-21(26-13-14)20(10-11-25-19)30-16-8-6-15(7-9-16)27-23-18-5-3-2-4-17(18)22(24)28-29-23/h2-13H,1H3,(H,27,29). The summed E-state index contributed by atoms with van der Waals surface area (Å²) in [7, 11) is 0. The van der Waals surface area contributed by atoms with Crippen LogP contribution < -0.4 is 5.32 Å². The van der Waals surface area contributed by atoms with Crippen molar-refractivity contribution in [3.8, 4) is 0 Å². The molecule has 0 atom stereocenters. The number of fused-ring (bicyclic) bond motifs is 2. The van der Waals surface area contributed by atoms with Gasteiger partial charge < -0.3 is 5.32 Å². The molecule has 30 heavy (non-hydrogen) atoms. The van der Waals surface area contributed by atoms with E-state index in [1.807, 2.05) is 61.8 Å². The summed E-state index contributed by atoms with van der Waals surface area (Å²) in [5.74, 6) is 0.676. The number of nitrogens with one attached hydrogen (secondary N) is 1. The van der Waals surface area contributed by atoms with Gasteiger partial charge in [0.05, 0.1) is 5.52 Å². The second-order valence-electron chi connectivity index (χ2n) is 6.83. The summed E-state index contributed by atoms with van der Waals surface area (Å²) in [6.07, 6.45) is 3.70. The minimum absolute atomic E-state index is 0.399. The van der Waals surface area contributed by atoms with Gasteiger partial charge in [0.15, 0.2) is 11.0 Å². The highest BCUT2D eigenvalue weighted by atomic mass is 35.5. The lowest BCUT2D eigenvalue weighted by Gasteiger charge is -2.10. The molecule has 0 aliphatic heterocycles. The van der Waals surface area contributed by atoms with Gasteiger partial charge >= 0.3 is 0 Å². The van der Waals surface area contributed by atoms with Gasteiger partial charge in [0.1, 0.15) is 5.52 Å². The number of benzene rings is 2. The minimum atomic E-state index is 0.399. The van der Waals surface area contributed by atoms with E-state index in [1.54, 1.807) is 11.8 Å². The molecule has 0 unspecified atom stereocenters. The van der Waals surface area contributed by atoms with Crippen molar-refractivity contribution in [3.63, 3.8) is 0 Å². The van der Waals surface area contributed by atoms with Gasteiger partial charge in [-0.05, 0) is 48.9 Å². The summed E-state index contributed by atoms with van der Waals surface area (Å²) in [6, 6.07) is 20.0. The molecule has 3 aromatic heterocycles. The molecule has 5 aromatic rings. The maximum atomic E-state index is 6.17. The molecule has 5 rings (SSSR count). The lowest BCUT2D eigenvalue weighted by atomic mass is 10.2. The Morgan fingerprint density at radius 1 is 0.900 bits per heavy atom. The van der Waals surface area contributed by atoms with E-state index >= 15 is 0 Å². The molecular formula is C23H16ClN5S. The predicted molar refractivity (Wildman–Crippen MR) is 123 cm³/mol. The number of aryl methyl sites for hydroxylation is 1. The third kappa shape index (κ3) is 3.67. The largest absolute Gasteiger partial charge is 0.338 e. The molecule has 0 saturated carbocycles. The zero-order valence-corrected chi connectivity index (χ0v) is 17.6. The second-order valence-corrected chi connectivity index (χ2v) is 8.30. The van der Waals surface area contributed by atoms with Crippen molar-refractivity contribution >= 4 is 56.7 Å². The topological polar surface area (TPSA) is 63.6 Å². The van der Waals surface area contributed by atoms with Gasteiger partial charge in [0.2, 0.25) is 0 Å². The molecule has 5 nitrogen and oxygen atoms in total. The van der Waals surface area contributed by atoms with Crippen molar-refractivity contribution in [1.29, 1.82) is 0 Å². The van der Waals surface area contributed by atoms with Crippen LogP contribution in [0.25, 0.3) is 21.8 Å². The third-order valence-corrected chi connectivity index (χ3v) is 6.00. The van der Waals surface area contributed by atoms with Crippen LogP contribution in [-0.4, -0.2) is 20.2 Å². The van der Waals surface area contributed by atoms with E-state index in [0.29, 0.717) is 11.0 Å². The van der Waals surface area contributed by atoms with Crippen molar-refractivity contribution in [2.45, 2.75) is 16.7 Å². The van der Waals surface area contributed by atoms with Crippen molar-refractivity contribution in [2.24, 2.45) is 0 Å². The van der Waals surface area contributed by atoms with Crippen LogP contribution in [0, 0.1) is 6.92 Å². The molecule has 0 fully saturated rings. The number of nitrogens with zero attached hydrogens (tertiary/aromatic N) is 4. The zero-order chi connectivity index (χ0) is 20.5. The Bertz CT molecular complexity index is 1370. The second kappa shape index (κ2) is 7.89. The summed E-state index contributed by atoms with van der Waals surface area (Å²) in [5.41, 5.74) is 3.85. The fourth-order valence-electron chi connectivity index (χ4n) is 3.22. The summed E-state index contributed by atoms with van der Waals surface area (Å²) in [6.45, 7) is 2.02. The van der Waals surface area contributed by atoms with Crippen LogP contribution in [0.1, 0.15) is 5.56 Å². The Hall–Kier alpha value is -3.22. The molecule has 0 spiro atoms. The van der Waals surface area contributed by atoms with E-state index in [9.17, 15) is 0 Å². The number of pyridine rings is 2. The first-order valence-electron chi connectivity index (χ1n) is 9.34. The lowest BCUT2D eigenvalue weighted by Crippen LogP contribution is -1.97. The van der Waals surface area contributed by atoms with Gasteiger partial charge in [-0.2, -0.15) is 0 Å². The summed E-state index contributed by atoms with van der Waals surface area (Å²) in [4.78, 5) is 11.2. The van der Waals surface area contributed by atoms with E-state index in [4.69, 9.17) is 11.6 Å². The lowest BCUT2D eigenvalue weighted by molar-refractivity contribution is 1.05. The number of rotatable bonds is 4. The molecular weight excluding hydrogens is 414 g/mol. The number of anilines is 2. The highest BCUT2D eigenvalue weighted by Gasteiger charge is 2.09. The highest BCUT2D eigenvalue weighted by Crippen LogP contribution is 2.33. The average Bonchev–Trinajstić information content (AvgIpc) is 2.77. The maximum Gasteiger partial charge on any atom is 0.161 e. The third-order valence-electron chi connectivity index (χ3n) is 4.66.